The zero-order chi connectivity index (χ0) is 20.2. The Morgan fingerprint density at radius 1 is 1.17 bits per heavy atom. The Balaban J connectivity index is 1.34. The molecule has 1 amide bonds. The van der Waals surface area contributed by atoms with Crippen molar-refractivity contribution in [2.45, 2.75) is 51.5 Å². The van der Waals surface area contributed by atoms with Crippen LogP contribution >= 0.6 is 0 Å². The number of halogens is 1. The van der Waals surface area contributed by atoms with Crippen LogP contribution in [0.15, 0.2) is 48.5 Å². The Morgan fingerprint density at radius 3 is 2.72 bits per heavy atom. The Bertz CT molecular complexity index is 983. The highest BCUT2D eigenvalue weighted by molar-refractivity contribution is 5.90. The van der Waals surface area contributed by atoms with Crippen LogP contribution in [0, 0.1) is 5.82 Å². The van der Waals surface area contributed by atoms with E-state index in [1.54, 1.807) is 18.2 Å². The van der Waals surface area contributed by atoms with Crippen LogP contribution in [0.5, 0.6) is 0 Å². The maximum atomic E-state index is 13.7. The van der Waals surface area contributed by atoms with E-state index in [0.29, 0.717) is 17.9 Å². The van der Waals surface area contributed by atoms with Crippen molar-refractivity contribution in [1.29, 1.82) is 0 Å². The molecule has 1 aliphatic rings. The molecule has 4 rings (SSSR count). The molecular weight excluding hydrogens is 367 g/mol. The third kappa shape index (κ3) is 4.36. The minimum absolute atomic E-state index is 0.111. The molecule has 0 saturated carbocycles. The zero-order valence-electron chi connectivity index (χ0n) is 16.6. The summed E-state index contributed by atoms with van der Waals surface area (Å²) in [5.41, 5.74) is 2.59. The van der Waals surface area contributed by atoms with Gasteiger partial charge in [0.2, 0.25) is 5.91 Å². The minimum atomic E-state index is -0.264. The van der Waals surface area contributed by atoms with Gasteiger partial charge in [-0.3, -0.25) is 4.79 Å². The maximum Gasteiger partial charge on any atom is 0.224 e. The summed E-state index contributed by atoms with van der Waals surface area (Å²) in [6, 6.07) is 14.6. The lowest BCUT2D eigenvalue weighted by Crippen LogP contribution is -2.20. The summed E-state index contributed by atoms with van der Waals surface area (Å²) in [6.07, 6.45) is 3.52. The predicted octanol–water partition coefficient (Wildman–Crippen LogP) is 4.28. The molecule has 0 bridgehead atoms. The molecule has 1 aromatic heterocycles. The third-order valence-electron chi connectivity index (χ3n) is 5.58. The molecule has 0 unspecified atom stereocenters. The highest BCUT2D eigenvalue weighted by Crippen LogP contribution is 2.29. The first kappa shape index (κ1) is 19.3. The summed E-state index contributed by atoms with van der Waals surface area (Å²) in [6.45, 7) is 3.00. The van der Waals surface area contributed by atoms with E-state index < -0.39 is 0 Å². The van der Waals surface area contributed by atoms with Crippen molar-refractivity contribution in [3.8, 4) is 0 Å². The second-order valence-electron chi connectivity index (χ2n) is 7.49. The number of aryl methyl sites for hydroxylation is 3. The smallest absolute Gasteiger partial charge is 0.224 e. The number of nitrogens with one attached hydrogen (secondary N) is 1. The van der Waals surface area contributed by atoms with E-state index in [1.807, 2.05) is 12.1 Å². The van der Waals surface area contributed by atoms with Gasteiger partial charge in [0.25, 0.3) is 0 Å². The lowest BCUT2D eigenvalue weighted by atomic mass is 9.91. The van der Waals surface area contributed by atoms with Crippen molar-refractivity contribution in [2.24, 2.45) is 0 Å². The van der Waals surface area contributed by atoms with Crippen LogP contribution in [0.1, 0.15) is 48.5 Å². The second kappa shape index (κ2) is 8.55. The summed E-state index contributed by atoms with van der Waals surface area (Å²) >= 11 is 0. The van der Waals surface area contributed by atoms with Crippen LogP contribution in [0.4, 0.5) is 10.1 Å². The molecule has 0 aliphatic carbocycles. The first-order valence-corrected chi connectivity index (χ1v) is 10.2. The number of carbonyl (C=O) groups is 1. The van der Waals surface area contributed by atoms with Gasteiger partial charge in [-0.25, -0.2) is 4.39 Å². The molecule has 6 heteroatoms. The number of rotatable bonds is 6. The van der Waals surface area contributed by atoms with Gasteiger partial charge in [-0.15, -0.1) is 10.2 Å². The highest BCUT2D eigenvalue weighted by Gasteiger charge is 2.23. The minimum Gasteiger partial charge on any atom is -0.326 e. The van der Waals surface area contributed by atoms with Crippen molar-refractivity contribution in [2.75, 3.05) is 5.32 Å². The van der Waals surface area contributed by atoms with Crippen LogP contribution in [-0.4, -0.2) is 20.7 Å². The lowest BCUT2D eigenvalue weighted by molar-refractivity contribution is -0.116. The van der Waals surface area contributed by atoms with Gasteiger partial charge in [-0.2, -0.15) is 0 Å². The molecule has 0 fully saturated rings. The number of benzene rings is 2. The number of fused-ring (bicyclic) bond motifs is 1. The molecule has 5 nitrogen and oxygen atoms in total. The van der Waals surface area contributed by atoms with Crippen molar-refractivity contribution in [3.05, 3.63) is 77.1 Å². The van der Waals surface area contributed by atoms with Gasteiger partial charge in [0, 0.05) is 37.4 Å². The van der Waals surface area contributed by atoms with Gasteiger partial charge in [0.15, 0.2) is 0 Å². The van der Waals surface area contributed by atoms with Gasteiger partial charge in [-0.05, 0) is 42.2 Å². The molecular formula is C23H25FN4O. The van der Waals surface area contributed by atoms with Crippen LogP contribution in [0.3, 0.4) is 0 Å². The molecule has 0 spiro atoms. The predicted molar refractivity (Wildman–Crippen MR) is 110 cm³/mol. The van der Waals surface area contributed by atoms with E-state index in [1.165, 1.54) is 11.6 Å². The van der Waals surface area contributed by atoms with Crippen molar-refractivity contribution in [3.63, 3.8) is 0 Å². The largest absolute Gasteiger partial charge is 0.326 e. The summed E-state index contributed by atoms with van der Waals surface area (Å²) in [5.74, 6) is 2.18. The first-order valence-electron chi connectivity index (χ1n) is 10.2. The molecule has 3 aromatic rings. The average Bonchev–Trinajstić information content (AvgIpc) is 3.16. The summed E-state index contributed by atoms with van der Waals surface area (Å²) < 4.78 is 15.9. The number of hydrogen-bond donors (Lipinski definition) is 1. The number of aromatic nitrogens is 3. The van der Waals surface area contributed by atoms with E-state index in [-0.39, 0.29) is 18.1 Å². The molecule has 0 radical (unpaired) electrons. The van der Waals surface area contributed by atoms with E-state index >= 15 is 0 Å². The molecule has 150 valence electrons. The standard InChI is InChI=1S/C23H25FN4O/c1-2-21-26-27-22-13-9-18(15-28(21)22)16-7-11-19(12-8-16)25-23(29)14-10-17-5-3-4-6-20(17)24/h3-8,11-12,18H,2,9-10,13-15H2,1H3,(H,25,29)/t18-/m1/s1. The molecule has 0 saturated heterocycles. The maximum absolute atomic E-state index is 13.7. The monoisotopic (exact) mass is 392 g/mol. The zero-order valence-corrected chi connectivity index (χ0v) is 16.6. The summed E-state index contributed by atoms with van der Waals surface area (Å²) in [7, 11) is 0. The normalized spacial score (nSPS) is 15.7. The van der Waals surface area contributed by atoms with Gasteiger partial charge in [0.1, 0.15) is 17.5 Å². The number of nitrogens with zero attached hydrogens (tertiary/aromatic N) is 3. The van der Waals surface area contributed by atoms with E-state index in [9.17, 15) is 9.18 Å². The molecule has 1 atom stereocenters. The van der Waals surface area contributed by atoms with Gasteiger partial charge < -0.3 is 9.88 Å². The van der Waals surface area contributed by atoms with Crippen LogP contribution < -0.4 is 5.32 Å². The Morgan fingerprint density at radius 2 is 1.97 bits per heavy atom. The number of hydrogen-bond acceptors (Lipinski definition) is 3. The number of carbonyl (C=O) groups excluding carboxylic acids is 1. The summed E-state index contributed by atoms with van der Waals surface area (Å²) in [4.78, 5) is 12.2. The van der Waals surface area contributed by atoms with E-state index in [2.05, 4.69) is 39.1 Å². The quantitative estimate of drug-likeness (QED) is 0.681. The number of amides is 1. The van der Waals surface area contributed by atoms with Crippen molar-refractivity contribution < 1.29 is 9.18 Å². The average molecular weight is 392 g/mol. The van der Waals surface area contributed by atoms with E-state index in [4.69, 9.17) is 0 Å². The van der Waals surface area contributed by atoms with E-state index in [0.717, 1.165) is 43.1 Å². The fraction of sp³-hybridized carbons (Fsp3) is 0.348. The molecule has 2 aromatic carbocycles. The van der Waals surface area contributed by atoms with Crippen LogP contribution in [-0.2, 0) is 30.6 Å². The Labute approximate surface area is 170 Å². The SMILES string of the molecule is CCc1nnc2n1C[C@H](c1ccc(NC(=O)CCc3ccccc3F)cc1)CC2. The number of anilines is 1. The third-order valence-corrected chi connectivity index (χ3v) is 5.58. The van der Waals surface area contributed by atoms with Crippen molar-refractivity contribution in [1.82, 2.24) is 14.8 Å². The summed E-state index contributed by atoms with van der Waals surface area (Å²) in [5, 5.41) is 11.5. The molecule has 29 heavy (non-hydrogen) atoms. The van der Waals surface area contributed by atoms with Gasteiger partial charge in [0.05, 0.1) is 0 Å². The first-order chi connectivity index (χ1) is 14.1. The van der Waals surface area contributed by atoms with Crippen LogP contribution in [0.25, 0.3) is 0 Å². The Hall–Kier alpha value is -3.02. The molecule has 1 aliphatic heterocycles. The topological polar surface area (TPSA) is 59.8 Å². The lowest BCUT2D eigenvalue weighted by Gasteiger charge is -2.24. The fourth-order valence-electron chi connectivity index (χ4n) is 3.93. The second-order valence-corrected chi connectivity index (χ2v) is 7.49. The van der Waals surface area contributed by atoms with Gasteiger partial charge in [-0.1, -0.05) is 37.3 Å². The molecule has 1 N–H and O–H groups in total. The van der Waals surface area contributed by atoms with Gasteiger partial charge >= 0.3 is 0 Å². The Kier molecular flexibility index (Phi) is 5.69. The van der Waals surface area contributed by atoms with Crippen molar-refractivity contribution >= 4 is 11.6 Å². The fourth-order valence-corrected chi connectivity index (χ4v) is 3.93. The highest BCUT2D eigenvalue weighted by atomic mass is 19.1. The molecule has 2 heterocycles. The van der Waals surface area contributed by atoms with Crippen LogP contribution in [0.2, 0.25) is 0 Å².